The Morgan fingerprint density at radius 3 is 2.59 bits per heavy atom. The minimum atomic E-state index is -0.0220. The second kappa shape index (κ2) is 6.54. The summed E-state index contributed by atoms with van der Waals surface area (Å²) in [4.78, 5) is 14.6. The monoisotopic (exact) mass is 293 g/mol. The molecule has 0 bridgehead atoms. The van der Waals surface area contributed by atoms with E-state index in [9.17, 15) is 4.79 Å². The third-order valence-electron chi connectivity index (χ3n) is 3.75. The molecule has 0 fully saturated rings. The van der Waals surface area contributed by atoms with Gasteiger partial charge in [0.25, 0.3) is 5.56 Å². The first-order chi connectivity index (χ1) is 10.7. The predicted molar refractivity (Wildman–Crippen MR) is 88.8 cm³/mol. The maximum Gasteiger partial charge on any atom is 0.274 e. The Labute approximate surface area is 129 Å². The Morgan fingerprint density at radius 2 is 1.77 bits per heavy atom. The van der Waals surface area contributed by atoms with Crippen LogP contribution in [0.2, 0.25) is 0 Å². The molecule has 0 saturated heterocycles. The number of likely N-dealkylation sites (N-methyl/N-ethyl adjacent to an activating group) is 1. The Bertz CT molecular complexity index is 811. The Morgan fingerprint density at radius 1 is 1.05 bits per heavy atom. The molecule has 0 aliphatic carbocycles. The Hall–Kier alpha value is -2.46. The zero-order valence-corrected chi connectivity index (χ0v) is 12.6. The van der Waals surface area contributed by atoms with E-state index in [2.05, 4.69) is 29.2 Å². The van der Waals surface area contributed by atoms with E-state index in [0.29, 0.717) is 6.54 Å². The SMILES string of the molecule is CN(CCn1ncc2ccccc2c1=O)Cc1ccccc1. The summed E-state index contributed by atoms with van der Waals surface area (Å²) in [7, 11) is 2.05. The molecular weight excluding hydrogens is 274 g/mol. The highest BCUT2D eigenvalue weighted by Gasteiger charge is 2.05. The molecule has 4 nitrogen and oxygen atoms in total. The van der Waals surface area contributed by atoms with Crippen molar-refractivity contribution in [2.24, 2.45) is 0 Å². The van der Waals surface area contributed by atoms with Crippen LogP contribution in [0.1, 0.15) is 5.56 Å². The van der Waals surface area contributed by atoms with Gasteiger partial charge in [-0.3, -0.25) is 4.79 Å². The van der Waals surface area contributed by atoms with E-state index in [1.165, 1.54) is 5.56 Å². The van der Waals surface area contributed by atoms with Crippen molar-refractivity contribution in [2.75, 3.05) is 13.6 Å². The van der Waals surface area contributed by atoms with Crippen LogP contribution < -0.4 is 5.56 Å². The molecule has 3 aromatic rings. The molecular formula is C18H19N3O. The number of benzene rings is 2. The fourth-order valence-electron chi connectivity index (χ4n) is 2.53. The van der Waals surface area contributed by atoms with Gasteiger partial charge in [0.05, 0.1) is 18.1 Å². The van der Waals surface area contributed by atoms with Crippen molar-refractivity contribution in [3.05, 3.63) is 76.7 Å². The molecule has 1 heterocycles. The minimum absolute atomic E-state index is 0.0220. The highest BCUT2D eigenvalue weighted by Crippen LogP contribution is 2.06. The number of fused-ring (bicyclic) bond motifs is 1. The third kappa shape index (κ3) is 3.23. The van der Waals surface area contributed by atoms with Gasteiger partial charge in [0.1, 0.15) is 0 Å². The van der Waals surface area contributed by atoms with Crippen LogP contribution >= 0.6 is 0 Å². The average Bonchev–Trinajstić information content (AvgIpc) is 2.55. The summed E-state index contributed by atoms with van der Waals surface area (Å²) in [6, 6.07) is 17.9. The van der Waals surface area contributed by atoms with Gasteiger partial charge in [-0.1, -0.05) is 48.5 Å². The van der Waals surface area contributed by atoms with Crippen molar-refractivity contribution in [2.45, 2.75) is 13.1 Å². The summed E-state index contributed by atoms with van der Waals surface area (Å²) in [5.74, 6) is 0. The molecule has 0 radical (unpaired) electrons. The minimum Gasteiger partial charge on any atom is -0.300 e. The highest BCUT2D eigenvalue weighted by molar-refractivity contribution is 5.80. The molecule has 1 aromatic heterocycles. The van der Waals surface area contributed by atoms with Crippen LogP contribution in [-0.2, 0) is 13.1 Å². The first kappa shape index (κ1) is 14.5. The van der Waals surface area contributed by atoms with Crippen LogP contribution in [0.15, 0.2) is 65.6 Å². The summed E-state index contributed by atoms with van der Waals surface area (Å²) in [6.45, 7) is 2.23. The fraction of sp³-hybridized carbons (Fsp3) is 0.222. The van der Waals surface area contributed by atoms with Crippen molar-refractivity contribution in [3.8, 4) is 0 Å². The van der Waals surface area contributed by atoms with Crippen LogP contribution in [0.25, 0.3) is 10.8 Å². The number of rotatable bonds is 5. The van der Waals surface area contributed by atoms with E-state index < -0.39 is 0 Å². The molecule has 0 unspecified atom stereocenters. The van der Waals surface area contributed by atoms with Gasteiger partial charge >= 0.3 is 0 Å². The van der Waals surface area contributed by atoms with Gasteiger partial charge in [0.2, 0.25) is 0 Å². The number of nitrogens with zero attached hydrogens (tertiary/aromatic N) is 3. The number of hydrogen-bond donors (Lipinski definition) is 0. The van der Waals surface area contributed by atoms with Crippen LogP contribution in [0.4, 0.5) is 0 Å². The largest absolute Gasteiger partial charge is 0.300 e. The molecule has 112 valence electrons. The standard InChI is InChI=1S/C18H19N3O/c1-20(14-15-7-3-2-4-8-15)11-12-21-18(22)17-10-6-5-9-16(17)13-19-21/h2-10,13H,11-12,14H2,1H3. The number of aromatic nitrogens is 2. The van der Waals surface area contributed by atoms with Gasteiger partial charge in [-0.25, -0.2) is 4.68 Å². The van der Waals surface area contributed by atoms with Crippen molar-refractivity contribution in [1.82, 2.24) is 14.7 Å². The lowest BCUT2D eigenvalue weighted by Gasteiger charge is -2.17. The van der Waals surface area contributed by atoms with Gasteiger partial charge in [0, 0.05) is 18.5 Å². The third-order valence-corrected chi connectivity index (χ3v) is 3.75. The zero-order chi connectivity index (χ0) is 15.4. The Balaban J connectivity index is 1.69. The smallest absolute Gasteiger partial charge is 0.274 e. The van der Waals surface area contributed by atoms with Crippen LogP contribution in [0.3, 0.4) is 0 Å². The summed E-state index contributed by atoms with van der Waals surface area (Å²) in [5.41, 5.74) is 1.25. The second-order valence-electron chi connectivity index (χ2n) is 5.48. The van der Waals surface area contributed by atoms with Gasteiger partial charge < -0.3 is 4.90 Å². The van der Waals surface area contributed by atoms with E-state index in [0.717, 1.165) is 23.9 Å². The lowest BCUT2D eigenvalue weighted by atomic mass is 10.2. The maximum atomic E-state index is 12.4. The quantitative estimate of drug-likeness (QED) is 0.725. The average molecular weight is 293 g/mol. The van der Waals surface area contributed by atoms with Gasteiger partial charge in [-0.2, -0.15) is 5.10 Å². The normalized spacial score (nSPS) is 11.2. The van der Waals surface area contributed by atoms with E-state index in [4.69, 9.17) is 0 Å². The summed E-state index contributed by atoms with van der Waals surface area (Å²) in [6.07, 6.45) is 1.76. The molecule has 0 aliphatic heterocycles. The molecule has 0 spiro atoms. The molecule has 0 atom stereocenters. The van der Waals surface area contributed by atoms with E-state index >= 15 is 0 Å². The lowest BCUT2D eigenvalue weighted by molar-refractivity contribution is 0.302. The molecule has 22 heavy (non-hydrogen) atoms. The Kier molecular flexibility index (Phi) is 4.30. The summed E-state index contributed by atoms with van der Waals surface area (Å²) < 4.78 is 1.55. The molecule has 0 amide bonds. The molecule has 3 rings (SSSR count). The highest BCUT2D eigenvalue weighted by atomic mass is 16.1. The maximum absolute atomic E-state index is 12.4. The zero-order valence-electron chi connectivity index (χ0n) is 12.6. The van der Waals surface area contributed by atoms with Crippen molar-refractivity contribution < 1.29 is 0 Å². The number of hydrogen-bond acceptors (Lipinski definition) is 3. The van der Waals surface area contributed by atoms with Gasteiger partial charge in [-0.05, 0) is 18.7 Å². The van der Waals surface area contributed by atoms with E-state index in [1.807, 2.05) is 42.5 Å². The van der Waals surface area contributed by atoms with Crippen molar-refractivity contribution >= 4 is 10.8 Å². The first-order valence-electron chi connectivity index (χ1n) is 7.41. The van der Waals surface area contributed by atoms with Crippen LogP contribution in [0, 0.1) is 0 Å². The molecule has 0 N–H and O–H groups in total. The van der Waals surface area contributed by atoms with E-state index in [-0.39, 0.29) is 5.56 Å². The van der Waals surface area contributed by atoms with Crippen molar-refractivity contribution in [1.29, 1.82) is 0 Å². The van der Waals surface area contributed by atoms with Crippen LogP contribution in [-0.4, -0.2) is 28.3 Å². The molecule has 4 heteroatoms. The topological polar surface area (TPSA) is 38.1 Å². The van der Waals surface area contributed by atoms with Crippen molar-refractivity contribution in [3.63, 3.8) is 0 Å². The lowest BCUT2D eigenvalue weighted by Crippen LogP contribution is -2.29. The first-order valence-corrected chi connectivity index (χ1v) is 7.41. The fourth-order valence-corrected chi connectivity index (χ4v) is 2.53. The second-order valence-corrected chi connectivity index (χ2v) is 5.48. The summed E-state index contributed by atoms with van der Waals surface area (Å²) in [5, 5.41) is 5.88. The molecule has 2 aromatic carbocycles. The van der Waals surface area contributed by atoms with Gasteiger partial charge in [-0.15, -0.1) is 0 Å². The predicted octanol–water partition coefficient (Wildman–Crippen LogP) is 2.53. The molecule has 0 aliphatic rings. The summed E-state index contributed by atoms with van der Waals surface area (Å²) >= 11 is 0. The van der Waals surface area contributed by atoms with Gasteiger partial charge in [0.15, 0.2) is 0 Å². The molecule has 0 saturated carbocycles. The van der Waals surface area contributed by atoms with E-state index in [1.54, 1.807) is 10.9 Å². The van der Waals surface area contributed by atoms with Crippen LogP contribution in [0.5, 0.6) is 0 Å².